The fourth-order valence-electron chi connectivity index (χ4n) is 2.51. The molecule has 5 nitrogen and oxygen atoms in total. The molecular formula is C13H19BrO5. The van der Waals surface area contributed by atoms with Crippen LogP contribution in [0.25, 0.3) is 0 Å². The lowest BCUT2D eigenvalue weighted by Crippen LogP contribution is -2.37. The zero-order valence-corrected chi connectivity index (χ0v) is 12.4. The van der Waals surface area contributed by atoms with E-state index in [1.807, 2.05) is 0 Å². The maximum Gasteiger partial charge on any atom is 0.508 e. The van der Waals surface area contributed by atoms with E-state index in [2.05, 4.69) is 15.9 Å². The Morgan fingerprint density at radius 1 is 1.21 bits per heavy atom. The molecule has 1 saturated carbocycles. The highest BCUT2D eigenvalue weighted by atomic mass is 79.9. The fraction of sp³-hybridized carbons (Fsp3) is 0.846. The van der Waals surface area contributed by atoms with Crippen LogP contribution in [0.15, 0.2) is 0 Å². The minimum Gasteiger partial charge on any atom is -0.462 e. The molecule has 2 rings (SSSR count). The van der Waals surface area contributed by atoms with Gasteiger partial charge in [-0.05, 0) is 25.7 Å². The first kappa shape index (κ1) is 14.6. The molecule has 2 fully saturated rings. The number of rotatable bonds is 4. The van der Waals surface area contributed by atoms with Gasteiger partial charge in [0.1, 0.15) is 18.3 Å². The third-order valence-corrected chi connectivity index (χ3v) is 4.19. The zero-order valence-electron chi connectivity index (χ0n) is 10.8. The molecule has 0 N–H and O–H groups in total. The molecule has 0 amide bonds. The van der Waals surface area contributed by atoms with Gasteiger partial charge in [0.25, 0.3) is 0 Å². The van der Waals surface area contributed by atoms with Gasteiger partial charge in [0.15, 0.2) is 0 Å². The van der Waals surface area contributed by atoms with Gasteiger partial charge in [0, 0.05) is 11.8 Å². The van der Waals surface area contributed by atoms with Gasteiger partial charge in [-0.1, -0.05) is 22.4 Å². The molecule has 1 aliphatic heterocycles. The third kappa shape index (κ3) is 4.67. The normalized spacial score (nSPS) is 28.4. The second kappa shape index (κ2) is 7.12. The summed E-state index contributed by atoms with van der Waals surface area (Å²) >= 11 is 3.26. The summed E-state index contributed by atoms with van der Waals surface area (Å²) in [6.07, 6.45) is 4.69. The van der Waals surface area contributed by atoms with E-state index in [0.717, 1.165) is 25.7 Å². The molecular weight excluding hydrogens is 316 g/mol. The van der Waals surface area contributed by atoms with Crippen molar-refractivity contribution in [2.24, 2.45) is 0 Å². The van der Waals surface area contributed by atoms with Crippen molar-refractivity contribution in [1.29, 1.82) is 0 Å². The van der Waals surface area contributed by atoms with Gasteiger partial charge in [-0.2, -0.15) is 0 Å². The summed E-state index contributed by atoms with van der Waals surface area (Å²) < 4.78 is 15.3. The number of halogens is 1. The third-order valence-electron chi connectivity index (χ3n) is 3.47. The first-order valence-electron chi connectivity index (χ1n) is 6.80. The van der Waals surface area contributed by atoms with Crippen LogP contribution in [-0.4, -0.2) is 35.8 Å². The van der Waals surface area contributed by atoms with Gasteiger partial charge in [-0.25, -0.2) is 4.79 Å². The Balaban J connectivity index is 1.76. The molecule has 0 unspecified atom stereocenters. The fourth-order valence-corrected chi connectivity index (χ4v) is 2.91. The number of carbonyl (C=O) groups is 2. The molecule has 0 aromatic heterocycles. The molecule has 0 bridgehead atoms. The number of alkyl halides is 1. The Labute approximate surface area is 121 Å². The topological polar surface area (TPSA) is 61.8 Å². The second-order valence-corrected chi connectivity index (χ2v) is 5.72. The van der Waals surface area contributed by atoms with Crippen molar-refractivity contribution in [3.8, 4) is 0 Å². The Bertz CT molecular complexity index is 327. The molecule has 1 aliphatic carbocycles. The SMILES string of the molecule is O=C(C[C@H]1C[C@@H](CBr)OC(=O)O1)OC1CCCCC1. The average Bonchev–Trinajstić information content (AvgIpc) is 2.38. The van der Waals surface area contributed by atoms with E-state index < -0.39 is 12.3 Å². The largest absolute Gasteiger partial charge is 0.508 e. The predicted octanol–water partition coefficient (Wildman–Crippen LogP) is 2.94. The maximum absolute atomic E-state index is 11.8. The minimum absolute atomic E-state index is 0.0452. The lowest BCUT2D eigenvalue weighted by atomic mass is 9.98. The van der Waals surface area contributed by atoms with Crippen LogP contribution in [0.4, 0.5) is 4.79 Å². The van der Waals surface area contributed by atoms with Gasteiger partial charge in [0.2, 0.25) is 0 Å². The number of cyclic esters (lactones) is 2. The Morgan fingerprint density at radius 2 is 1.89 bits per heavy atom. The Hall–Kier alpha value is -0.780. The zero-order chi connectivity index (χ0) is 13.7. The first-order chi connectivity index (χ1) is 9.17. The van der Waals surface area contributed by atoms with Crippen LogP contribution >= 0.6 is 15.9 Å². The predicted molar refractivity (Wildman–Crippen MR) is 71.1 cm³/mol. The smallest absolute Gasteiger partial charge is 0.462 e. The van der Waals surface area contributed by atoms with Crippen LogP contribution in [0.3, 0.4) is 0 Å². The van der Waals surface area contributed by atoms with Crippen LogP contribution in [0.1, 0.15) is 44.9 Å². The van der Waals surface area contributed by atoms with Crippen molar-refractivity contribution >= 4 is 28.1 Å². The van der Waals surface area contributed by atoms with E-state index in [9.17, 15) is 9.59 Å². The Kier molecular flexibility index (Phi) is 5.48. The van der Waals surface area contributed by atoms with E-state index in [-0.39, 0.29) is 24.6 Å². The summed E-state index contributed by atoms with van der Waals surface area (Å²) in [5.74, 6) is -0.278. The molecule has 2 aliphatic rings. The van der Waals surface area contributed by atoms with Gasteiger partial charge >= 0.3 is 12.1 Å². The van der Waals surface area contributed by atoms with Crippen LogP contribution in [0, 0.1) is 0 Å². The summed E-state index contributed by atoms with van der Waals surface area (Å²) in [5.41, 5.74) is 0. The van der Waals surface area contributed by atoms with Crippen LogP contribution in [-0.2, 0) is 19.0 Å². The summed E-state index contributed by atoms with van der Waals surface area (Å²) in [4.78, 5) is 23.0. The molecule has 0 aromatic carbocycles. The van der Waals surface area contributed by atoms with Crippen molar-refractivity contribution in [2.45, 2.75) is 63.3 Å². The van der Waals surface area contributed by atoms with Gasteiger partial charge < -0.3 is 14.2 Å². The van der Waals surface area contributed by atoms with Crippen molar-refractivity contribution in [3.63, 3.8) is 0 Å². The van der Waals surface area contributed by atoms with Gasteiger partial charge in [-0.3, -0.25) is 4.79 Å². The maximum atomic E-state index is 11.8. The van der Waals surface area contributed by atoms with Crippen molar-refractivity contribution in [2.75, 3.05) is 5.33 Å². The van der Waals surface area contributed by atoms with E-state index >= 15 is 0 Å². The molecule has 6 heteroatoms. The van der Waals surface area contributed by atoms with Crippen LogP contribution in [0.2, 0.25) is 0 Å². The van der Waals surface area contributed by atoms with Crippen molar-refractivity contribution < 1.29 is 23.8 Å². The second-order valence-electron chi connectivity index (χ2n) is 5.07. The number of esters is 1. The van der Waals surface area contributed by atoms with Crippen molar-refractivity contribution in [1.82, 2.24) is 0 Å². The number of hydrogen-bond donors (Lipinski definition) is 0. The van der Waals surface area contributed by atoms with E-state index in [0.29, 0.717) is 11.8 Å². The number of ether oxygens (including phenoxy) is 3. The lowest BCUT2D eigenvalue weighted by molar-refractivity contribution is -0.154. The molecule has 0 aromatic rings. The summed E-state index contributed by atoms with van der Waals surface area (Å²) in [7, 11) is 0. The summed E-state index contributed by atoms with van der Waals surface area (Å²) in [6.45, 7) is 0. The van der Waals surface area contributed by atoms with Crippen LogP contribution in [0.5, 0.6) is 0 Å². The highest BCUT2D eigenvalue weighted by molar-refractivity contribution is 9.09. The monoisotopic (exact) mass is 334 g/mol. The quantitative estimate of drug-likeness (QED) is 0.584. The standard InChI is InChI=1S/C13H19BrO5/c14-8-11-6-10(18-13(16)19-11)7-12(15)17-9-4-2-1-3-5-9/h9-11H,1-8H2/t10-,11+/m1/s1. The lowest BCUT2D eigenvalue weighted by Gasteiger charge is -2.28. The van der Waals surface area contributed by atoms with E-state index in [1.54, 1.807) is 0 Å². The molecule has 19 heavy (non-hydrogen) atoms. The van der Waals surface area contributed by atoms with Gasteiger partial charge in [-0.15, -0.1) is 0 Å². The van der Waals surface area contributed by atoms with E-state index in [4.69, 9.17) is 14.2 Å². The van der Waals surface area contributed by atoms with Gasteiger partial charge in [0.05, 0.1) is 6.42 Å². The summed E-state index contributed by atoms with van der Waals surface area (Å²) in [5, 5.41) is 0.552. The molecule has 108 valence electrons. The highest BCUT2D eigenvalue weighted by Gasteiger charge is 2.31. The van der Waals surface area contributed by atoms with E-state index in [1.165, 1.54) is 6.42 Å². The van der Waals surface area contributed by atoms with Crippen LogP contribution < -0.4 is 0 Å². The highest BCUT2D eigenvalue weighted by Crippen LogP contribution is 2.23. The number of carbonyl (C=O) groups excluding carboxylic acids is 2. The number of hydrogen-bond acceptors (Lipinski definition) is 5. The molecule has 0 radical (unpaired) electrons. The summed E-state index contributed by atoms with van der Waals surface area (Å²) in [6, 6.07) is 0. The van der Waals surface area contributed by atoms with Crippen molar-refractivity contribution in [3.05, 3.63) is 0 Å². The molecule has 2 atom stereocenters. The molecule has 1 heterocycles. The minimum atomic E-state index is -0.703. The average molecular weight is 335 g/mol. The first-order valence-corrected chi connectivity index (χ1v) is 7.92. The molecule has 1 saturated heterocycles. The Morgan fingerprint density at radius 3 is 2.58 bits per heavy atom. The molecule has 0 spiro atoms.